The maximum atomic E-state index is 13.1. The molecule has 1 fully saturated rings. The Bertz CT molecular complexity index is 820. The largest absolute Gasteiger partial charge is 0.416 e. The third-order valence-corrected chi connectivity index (χ3v) is 5.75. The summed E-state index contributed by atoms with van der Waals surface area (Å²) in [7, 11) is 0. The van der Waals surface area contributed by atoms with E-state index >= 15 is 0 Å². The molecule has 0 aliphatic carbocycles. The van der Waals surface area contributed by atoms with Gasteiger partial charge in [0, 0.05) is 25.7 Å². The number of aryl methyl sites for hydroxylation is 1. The molecule has 4 nitrogen and oxygen atoms in total. The van der Waals surface area contributed by atoms with E-state index in [-0.39, 0.29) is 6.04 Å². The number of nitrogens with zero attached hydrogens (tertiary/aromatic N) is 2. The molecular weight excluding hydrogens is 339 g/mol. The summed E-state index contributed by atoms with van der Waals surface area (Å²) in [6.45, 7) is 4.01. The summed E-state index contributed by atoms with van der Waals surface area (Å²) in [6.07, 6.45) is -2.94. The minimum absolute atomic E-state index is 0.147. The molecule has 1 saturated heterocycles. The summed E-state index contributed by atoms with van der Waals surface area (Å²) in [5.74, 6) is 0. The Kier molecular flexibility index (Phi) is 3.93. The van der Waals surface area contributed by atoms with Crippen LogP contribution in [-0.4, -0.2) is 42.3 Å². The van der Waals surface area contributed by atoms with Gasteiger partial charge in [0.05, 0.1) is 29.0 Å². The summed E-state index contributed by atoms with van der Waals surface area (Å²) < 4.78 is 47.1. The number of thiazole rings is 1. The Morgan fingerprint density at radius 2 is 2.00 bits per heavy atom. The van der Waals surface area contributed by atoms with Crippen molar-refractivity contribution < 1.29 is 17.9 Å². The second-order valence-electron chi connectivity index (χ2n) is 6.36. The molecule has 1 aromatic carbocycles. The Morgan fingerprint density at radius 3 is 2.71 bits per heavy atom. The second-order valence-corrected chi connectivity index (χ2v) is 7.39. The maximum Gasteiger partial charge on any atom is 0.416 e. The lowest BCUT2D eigenvalue weighted by Gasteiger charge is -2.33. The van der Waals surface area contributed by atoms with Gasteiger partial charge in [-0.25, -0.2) is 0 Å². The van der Waals surface area contributed by atoms with Gasteiger partial charge in [0.25, 0.3) is 0 Å². The first-order valence-corrected chi connectivity index (χ1v) is 8.85. The van der Waals surface area contributed by atoms with E-state index < -0.39 is 11.7 Å². The summed E-state index contributed by atoms with van der Waals surface area (Å²) >= 11 is 1.14. The fraction of sp³-hybridized carbons (Fsp3) is 0.562. The molecule has 2 aliphatic rings. The third kappa shape index (κ3) is 2.76. The van der Waals surface area contributed by atoms with Crippen LogP contribution in [0.2, 0.25) is 0 Å². The van der Waals surface area contributed by atoms with E-state index in [9.17, 15) is 13.2 Å². The van der Waals surface area contributed by atoms with Crippen LogP contribution in [0.1, 0.15) is 23.6 Å². The molecule has 0 radical (unpaired) electrons. The SMILES string of the molecule is N=c1sc2cc(C(F)(F)F)cc3c2n1[C@@H](CN1CCOCC1)CC3. The molecule has 4 rings (SSSR count). The first-order valence-electron chi connectivity index (χ1n) is 8.03. The number of alkyl halides is 3. The molecule has 2 aromatic rings. The zero-order chi connectivity index (χ0) is 16.9. The van der Waals surface area contributed by atoms with Gasteiger partial charge in [-0.3, -0.25) is 10.3 Å². The quantitative estimate of drug-likeness (QED) is 0.898. The monoisotopic (exact) mass is 357 g/mol. The zero-order valence-electron chi connectivity index (χ0n) is 13.0. The van der Waals surface area contributed by atoms with Gasteiger partial charge in [0.15, 0.2) is 4.80 Å². The molecular formula is C16H18F3N3OS. The highest BCUT2D eigenvalue weighted by Crippen LogP contribution is 2.38. The lowest BCUT2D eigenvalue weighted by atomic mass is 9.96. The van der Waals surface area contributed by atoms with E-state index in [4.69, 9.17) is 10.1 Å². The van der Waals surface area contributed by atoms with Crippen molar-refractivity contribution in [3.8, 4) is 0 Å². The van der Waals surface area contributed by atoms with Gasteiger partial charge >= 0.3 is 6.18 Å². The van der Waals surface area contributed by atoms with Crippen molar-refractivity contribution >= 4 is 21.6 Å². The van der Waals surface area contributed by atoms with E-state index in [2.05, 4.69) is 4.90 Å². The summed E-state index contributed by atoms with van der Waals surface area (Å²) in [4.78, 5) is 2.66. The zero-order valence-corrected chi connectivity index (χ0v) is 13.8. The van der Waals surface area contributed by atoms with Crippen molar-refractivity contribution in [2.75, 3.05) is 32.8 Å². The highest BCUT2D eigenvalue weighted by molar-refractivity contribution is 7.16. The van der Waals surface area contributed by atoms with Gasteiger partial charge in [0.2, 0.25) is 0 Å². The summed E-state index contributed by atoms with van der Waals surface area (Å²) in [5.41, 5.74) is 0.931. The topological polar surface area (TPSA) is 41.2 Å². The van der Waals surface area contributed by atoms with E-state index in [1.165, 1.54) is 12.1 Å². The molecule has 0 spiro atoms. The highest BCUT2D eigenvalue weighted by Gasteiger charge is 2.34. The fourth-order valence-corrected chi connectivity index (χ4v) is 4.74. The molecule has 1 aromatic heterocycles. The fourth-order valence-electron chi connectivity index (χ4n) is 3.68. The Labute approximate surface area is 141 Å². The van der Waals surface area contributed by atoms with E-state index in [0.29, 0.717) is 21.5 Å². The number of ether oxygens (including phenoxy) is 1. The molecule has 24 heavy (non-hydrogen) atoms. The van der Waals surface area contributed by atoms with E-state index in [0.717, 1.165) is 56.1 Å². The average molecular weight is 357 g/mol. The number of morpholine rings is 1. The van der Waals surface area contributed by atoms with Crippen molar-refractivity contribution in [2.45, 2.75) is 25.1 Å². The number of hydrogen-bond acceptors (Lipinski definition) is 4. The van der Waals surface area contributed by atoms with Crippen LogP contribution in [0, 0.1) is 5.41 Å². The maximum absolute atomic E-state index is 13.1. The number of benzene rings is 1. The Hall–Kier alpha value is -1.38. The van der Waals surface area contributed by atoms with Crippen LogP contribution in [0.25, 0.3) is 10.2 Å². The Balaban J connectivity index is 1.74. The van der Waals surface area contributed by atoms with Gasteiger partial charge in [-0.15, -0.1) is 0 Å². The second kappa shape index (κ2) is 5.86. The van der Waals surface area contributed by atoms with Crippen molar-refractivity contribution in [2.24, 2.45) is 0 Å². The molecule has 0 bridgehead atoms. The number of hydrogen-bond donors (Lipinski definition) is 1. The number of aromatic nitrogens is 1. The third-order valence-electron chi connectivity index (χ3n) is 4.83. The number of halogens is 3. The van der Waals surface area contributed by atoms with Crippen LogP contribution < -0.4 is 4.80 Å². The van der Waals surface area contributed by atoms with Crippen LogP contribution in [0.15, 0.2) is 12.1 Å². The van der Waals surface area contributed by atoms with Crippen molar-refractivity contribution in [1.29, 1.82) is 5.41 Å². The number of nitrogens with one attached hydrogen (secondary N) is 1. The van der Waals surface area contributed by atoms with Gasteiger partial charge < -0.3 is 9.30 Å². The molecule has 130 valence electrons. The van der Waals surface area contributed by atoms with Crippen LogP contribution >= 0.6 is 11.3 Å². The van der Waals surface area contributed by atoms with Gasteiger partial charge in [-0.05, 0) is 30.5 Å². The lowest BCUT2D eigenvalue weighted by Crippen LogP contribution is -2.41. The predicted molar refractivity (Wildman–Crippen MR) is 85.3 cm³/mol. The lowest BCUT2D eigenvalue weighted by molar-refractivity contribution is -0.137. The van der Waals surface area contributed by atoms with Crippen molar-refractivity contribution in [3.63, 3.8) is 0 Å². The molecule has 8 heteroatoms. The van der Waals surface area contributed by atoms with Gasteiger partial charge in [-0.2, -0.15) is 13.2 Å². The van der Waals surface area contributed by atoms with Gasteiger partial charge in [-0.1, -0.05) is 11.3 Å². The average Bonchev–Trinajstić information content (AvgIpc) is 2.88. The molecule has 2 aliphatic heterocycles. The molecule has 0 saturated carbocycles. The molecule has 0 amide bonds. The highest BCUT2D eigenvalue weighted by atomic mass is 32.1. The first kappa shape index (κ1) is 16.1. The number of rotatable bonds is 2. The molecule has 0 unspecified atom stereocenters. The van der Waals surface area contributed by atoms with Crippen LogP contribution in [-0.2, 0) is 17.3 Å². The minimum atomic E-state index is -4.34. The van der Waals surface area contributed by atoms with Crippen molar-refractivity contribution in [1.82, 2.24) is 9.47 Å². The first-order chi connectivity index (χ1) is 11.4. The van der Waals surface area contributed by atoms with Gasteiger partial charge in [0.1, 0.15) is 0 Å². The molecule has 1 atom stereocenters. The predicted octanol–water partition coefficient (Wildman–Crippen LogP) is 3.02. The standard InChI is InChI=1S/C16H18F3N3OS/c17-16(18,19)11-7-10-1-2-12(9-21-3-5-23-6-4-21)22-14(10)13(8-11)24-15(22)20/h7-8,12,20H,1-6,9H2/t12-/m1/s1. The van der Waals surface area contributed by atoms with Crippen molar-refractivity contribution in [3.05, 3.63) is 28.1 Å². The Morgan fingerprint density at radius 1 is 1.25 bits per heavy atom. The smallest absolute Gasteiger partial charge is 0.379 e. The van der Waals surface area contributed by atoms with E-state index in [1.54, 1.807) is 0 Å². The van der Waals surface area contributed by atoms with Crippen LogP contribution in [0.4, 0.5) is 13.2 Å². The summed E-state index contributed by atoms with van der Waals surface area (Å²) in [6, 6.07) is 2.60. The summed E-state index contributed by atoms with van der Waals surface area (Å²) in [5, 5.41) is 8.26. The van der Waals surface area contributed by atoms with Crippen LogP contribution in [0.5, 0.6) is 0 Å². The molecule has 1 N–H and O–H groups in total. The van der Waals surface area contributed by atoms with E-state index in [1.807, 2.05) is 4.57 Å². The normalized spacial score (nSPS) is 22.2. The van der Waals surface area contributed by atoms with Crippen LogP contribution in [0.3, 0.4) is 0 Å². The minimum Gasteiger partial charge on any atom is -0.379 e. The molecule has 3 heterocycles.